The number of benzene rings is 1. The van der Waals surface area contributed by atoms with Crippen molar-refractivity contribution in [3.05, 3.63) is 40.4 Å². The van der Waals surface area contributed by atoms with Crippen LogP contribution in [0.5, 0.6) is 0 Å². The van der Waals surface area contributed by atoms with Gasteiger partial charge in [0, 0.05) is 10.5 Å². The fourth-order valence-electron chi connectivity index (χ4n) is 2.68. The molecule has 1 fully saturated rings. The Kier molecular flexibility index (Phi) is 5.20. The zero-order chi connectivity index (χ0) is 13.7. The Hall–Kier alpha value is -1.09. The van der Waals surface area contributed by atoms with Gasteiger partial charge < -0.3 is 4.74 Å². The molecule has 0 saturated heterocycles. The van der Waals surface area contributed by atoms with Crippen molar-refractivity contribution >= 4 is 27.5 Å². The normalized spacial score (nSPS) is 17.3. The number of hydrogen-bond acceptors (Lipinski definition) is 2. The molecule has 102 valence electrons. The molecule has 0 unspecified atom stereocenters. The molecule has 1 aromatic rings. The van der Waals surface area contributed by atoms with Gasteiger partial charge in [-0.15, -0.1) is 0 Å². The highest BCUT2D eigenvalue weighted by molar-refractivity contribution is 9.10. The molecule has 1 aliphatic rings. The van der Waals surface area contributed by atoms with Crippen LogP contribution in [-0.2, 0) is 9.53 Å². The molecule has 1 saturated carbocycles. The van der Waals surface area contributed by atoms with Crippen molar-refractivity contribution in [2.24, 2.45) is 5.92 Å². The molecule has 0 heterocycles. The summed E-state index contributed by atoms with van der Waals surface area (Å²) in [4.78, 5) is 11.6. The maximum atomic E-state index is 11.6. The summed E-state index contributed by atoms with van der Waals surface area (Å²) in [6, 6.07) is 8.16. The number of methoxy groups -OCH3 is 1. The van der Waals surface area contributed by atoms with E-state index >= 15 is 0 Å². The highest BCUT2D eigenvalue weighted by atomic mass is 79.9. The number of rotatable bonds is 3. The number of allylic oxidation sites excluding steroid dienone is 1. The lowest BCUT2D eigenvalue weighted by atomic mass is 9.81. The highest BCUT2D eigenvalue weighted by Crippen LogP contribution is 2.35. The van der Waals surface area contributed by atoms with E-state index < -0.39 is 0 Å². The third kappa shape index (κ3) is 3.93. The summed E-state index contributed by atoms with van der Waals surface area (Å²) in [6.45, 7) is 0. The van der Waals surface area contributed by atoms with Gasteiger partial charge in [-0.1, -0.05) is 47.3 Å². The SMILES string of the molecule is COC(=O)C=C(c1ccc(Br)cc1)C1CCCCC1. The van der Waals surface area contributed by atoms with Gasteiger partial charge in [-0.3, -0.25) is 0 Å². The first-order valence-electron chi connectivity index (χ1n) is 6.76. The molecule has 0 bridgehead atoms. The lowest BCUT2D eigenvalue weighted by molar-refractivity contribution is -0.134. The van der Waals surface area contributed by atoms with Gasteiger partial charge in [0.1, 0.15) is 0 Å². The van der Waals surface area contributed by atoms with Crippen molar-refractivity contribution in [2.75, 3.05) is 7.11 Å². The smallest absolute Gasteiger partial charge is 0.330 e. The molecule has 2 rings (SSSR count). The van der Waals surface area contributed by atoms with Crippen LogP contribution in [0.15, 0.2) is 34.8 Å². The summed E-state index contributed by atoms with van der Waals surface area (Å²) in [7, 11) is 1.43. The van der Waals surface area contributed by atoms with E-state index in [-0.39, 0.29) is 5.97 Å². The Balaban J connectivity index is 2.30. The summed E-state index contributed by atoms with van der Waals surface area (Å²) in [6.07, 6.45) is 7.80. The molecule has 2 nitrogen and oxygen atoms in total. The topological polar surface area (TPSA) is 26.3 Å². The second kappa shape index (κ2) is 6.90. The van der Waals surface area contributed by atoms with Gasteiger partial charge in [0.25, 0.3) is 0 Å². The summed E-state index contributed by atoms with van der Waals surface area (Å²) in [5, 5.41) is 0. The van der Waals surface area contributed by atoms with Crippen molar-refractivity contribution in [3.8, 4) is 0 Å². The van der Waals surface area contributed by atoms with E-state index in [1.54, 1.807) is 6.08 Å². The second-order valence-corrected chi connectivity index (χ2v) is 5.88. The maximum Gasteiger partial charge on any atom is 0.330 e. The third-order valence-corrected chi connectivity index (χ3v) is 4.23. The van der Waals surface area contributed by atoms with Gasteiger partial charge in [0.15, 0.2) is 0 Å². The predicted octanol–water partition coefficient (Wildman–Crippen LogP) is 4.59. The second-order valence-electron chi connectivity index (χ2n) is 4.96. The number of carbonyl (C=O) groups excluding carboxylic acids is 1. The first-order valence-corrected chi connectivity index (χ1v) is 7.55. The average Bonchev–Trinajstić information content (AvgIpc) is 2.46. The Bertz CT molecular complexity index is 456. The fourth-order valence-corrected chi connectivity index (χ4v) is 2.94. The van der Waals surface area contributed by atoms with Crippen LogP contribution in [0.25, 0.3) is 5.57 Å². The largest absolute Gasteiger partial charge is 0.466 e. The van der Waals surface area contributed by atoms with Crippen LogP contribution >= 0.6 is 15.9 Å². The molecule has 0 atom stereocenters. The molecule has 3 heteroatoms. The summed E-state index contributed by atoms with van der Waals surface area (Å²) >= 11 is 3.44. The molecule has 1 aromatic carbocycles. The molecule has 1 aliphatic carbocycles. The Morgan fingerprint density at radius 3 is 2.42 bits per heavy atom. The molecule has 0 aromatic heterocycles. The van der Waals surface area contributed by atoms with Gasteiger partial charge in [-0.05, 0) is 42.0 Å². The van der Waals surface area contributed by atoms with Crippen LogP contribution in [0.2, 0.25) is 0 Å². The first-order chi connectivity index (χ1) is 9.20. The van der Waals surface area contributed by atoms with E-state index in [9.17, 15) is 4.79 Å². The van der Waals surface area contributed by atoms with Gasteiger partial charge in [-0.2, -0.15) is 0 Å². The standard InChI is InChI=1S/C16H19BrO2/c1-19-16(18)11-15(12-5-3-2-4-6-12)13-7-9-14(17)10-8-13/h7-12H,2-6H2,1H3. The third-order valence-electron chi connectivity index (χ3n) is 3.70. The summed E-state index contributed by atoms with van der Waals surface area (Å²) in [5.74, 6) is 0.220. The number of hydrogen-bond donors (Lipinski definition) is 0. The van der Waals surface area contributed by atoms with Crippen molar-refractivity contribution < 1.29 is 9.53 Å². The van der Waals surface area contributed by atoms with Crippen LogP contribution in [0.4, 0.5) is 0 Å². The zero-order valence-corrected chi connectivity index (χ0v) is 12.8. The van der Waals surface area contributed by atoms with Gasteiger partial charge in [-0.25, -0.2) is 4.79 Å². The van der Waals surface area contributed by atoms with E-state index in [2.05, 4.69) is 28.1 Å². The lowest BCUT2D eigenvalue weighted by Gasteiger charge is -2.24. The Morgan fingerprint density at radius 2 is 1.84 bits per heavy atom. The summed E-state index contributed by atoms with van der Waals surface area (Å²) < 4.78 is 5.85. The Morgan fingerprint density at radius 1 is 1.21 bits per heavy atom. The molecule has 0 N–H and O–H groups in total. The van der Waals surface area contributed by atoms with Crippen LogP contribution in [0, 0.1) is 5.92 Å². The summed E-state index contributed by atoms with van der Waals surface area (Å²) in [5.41, 5.74) is 2.25. The van der Waals surface area contributed by atoms with Crippen molar-refractivity contribution in [1.82, 2.24) is 0 Å². The van der Waals surface area contributed by atoms with E-state index in [1.165, 1.54) is 39.2 Å². The van der Waals surface area contributed by atoms with Crippen LogP contribution in [-0.4, -0.2) is 13.1 Å². The highest BCUT2D eigenvalue weighted by Gasteiger charge is 2.20. The van der Waals surface area contributed by atoms with Gasteiger partial charge in [0.05, 0.1) is 7.11 Å². The molecular weight excluding hydrogens is 304 g/mol. The fraction of sp³-hybridized carbons (Fsp3) is 0.438. The predicted molar refractivity (Wildman–Crippen MR) is 80.7 cm³/mol. The van der Waals surface area contributed by atoms with E-state index in [0.29, 0.717) is 5.92 Å². The average molecular weight is 323 g/mol. The monoisotopic (exact) mass is 322 g/mol. The first kappa shape index (κ1) is 14.3. The van der Waals surface area contributed by atoms with E-state index in [4.69, 9.17) is 4.74 Å². The van der Waals surface area contributed by atoms with E-state index in [1.807, 2.05) is 12.1 Å². The maximum absolute atomic E-state index is 11.6. The minimum atomic E-state index is -0.261. The van der Waals surface area contributed by atoms with Gasteiger partial charge in [0.2, 0.25) is 0 Å². The Labute approximate surface area is 123 Å². The molecule has 0 spiro atoms. The van der Waals surface area contributed by atoms with Crippen molar-refractivity contribution in [2.45, 2.75) is 32.1 Å². The van der Waals surface area contributed by atoms with Crippen LogP contribution in [0.3, 0.4) is 0 Å². The molecule has 0 amide bonds. The van der Waals surface area contributed by atoms with Gasteiger partial charge >= 0.3 is 5.97 Å². The molecule has 19 heavy (non-hydrogen) atoms. The lowest BCUT2D eigenvalue weighted by Crippen LogP contribution is -2.10. The number of ether oxygens (including phenoxy) is 1. The van der Waals surface area contributed by atoms with E-state index in [0.717, 1.165) is 15.6 Å². The van der Waals surface area contributed by atoms with Crippen molar-refractivity contribution in [1.29, 1.82) is 0 Å². The van der Waals surface area contributed by atoms with Crippen LogP contribution in [0.1, 0.15) is 37.7 Å². The minimum absolute atomic E-state index is 0.261. The quantitative estimate of drug-likeness (QED) is 0.601. The number of halogens is 1. The molecule has 0 radical (unpaired) electrons. The molecular formula is C16H19BrO2. The molecule has 0 aliphatic heterocycles. The number of carbonyl (C=O) groups is 1. The van der Waals surface area contributed by atoms with Crippen LogP contribution < -0.4 is 0 Å². The zero-order valence-electron chi connectivity index (χ0n) is 11.2. The number of esters is 1. The minimum Gasteiger partial charge on any atom is -0.466 e. The van der Waals surface area contributed by atoms with Crippen molar-refractivity contribution in [3.63, 3.8) is 0 Å².